The molecule has 1 N–H and O–H groups in total. The number of para-hydroxylation sites is 1. The van der Waals surface area contributed by atoms with Crippen LogP contribution in [0.5, 0.6) is 0 Å². The summed E-state index contributed by atoms with van der Waals surface area (Å²) in [6.45, 7) is 1.95. The zero-order chi connectivity index (χ0) is 16.1. The molecule has 4 heteroatoms. The van der Waals surface area contributed by atoms with Crippen LogP contribution in [0.4, 0.5) is 5.69 Å². The molecule has 0 aliphatic carbocycles. The van der Waals surface area contributed by atoms with Gasteiger partial charge in [0.15, 0.2) is 0 Å². The van der Waals surface area contributed by atoms with Gasteiger partial charge in [-0.05, 0) is 30.5 Å². The van der Waals surface area contributed by atoms with Gasteiger partial charge in [0.1, 0.15) is 0 Å². The Kier molecular flexibility index (Phi) is 4.83. The number of anilines is 1. The molecule has 0 spiro atoms. The Morgan fingerprint density at radius 3 is 2.57 bits per heavy atom. The highest BCUT2D eigenvalue weighted by atomic mass is 32.1. The molecule has 1 aromatic heterocycles. The van der Waals surface area contributed by atoms with Gasteiger partial charge in [0.2, 0.25) is 5.91 Å². The summed E-state index contributed by atoms with van der Waals surface area (Å²) in [4.78, 5) is 16.6. The van der Waals surface area contributed by atoms with E-state index in [-0.39, 0.29) is 5.91 Å². The van der Waals surface area contributed by atoms with E-state index in [0.29, 0.717) is 6.42 Å². The fourth-order valence-electron chi connectivity index (χ4n) is 2.46. The van der Waals surface area contributed by atoms with E-state index in [1.54, 1.807) is 11.3 Å². The Bertz CT molecular complexity index is 796. The van der Waals surface area contributed by atoms with Crippen LogP contribution in [0.15, 0.2) is 60.0 Å². The molecule has 0 bridgehead atoms. The highest BCUT2D eigenvalue weighted by Crippen LogP contribution is 2.19. The smallest absolute Gasteiger partial charge is 0.230 e. The quantitative estimate of drug-likeness (QED) is 0.764. The van der Waals surface area contributed by atoms with E-state index in [1.807, 2.05) is 48.7 Å². The minimum Gasteiger partial charge on any atom is -0.325 e. The minimum atomic E-state index is -0.0317. The maximum absolute atomic E-state index is 12.2. The number of nitrogens with one attached hydrogen (secondary N) is 1. The van der Waals surface area contributed by atoms with Crippen LogP contribution >= 0.6 is 11.3 Å². The van der Waals surface area contributed by atoms with Gasteiger partial charge >= 0.3 is 0 Å². The van der Waals surface area contributed by atoms with Crippen molar-refractivity contribution in [1.82, 2.24) is 4.98 Å². The molecule has 0 saturated heterocycles. The van der Waals surface area contributed by atoms with Crippen LogP contribution in [-0.2, 0) is 17.6 Å². The van der Waals surface area contributed by atoms with Crippen LogP contribution < -0.4 is 5.32 Å². The van der Waals surface area contributed by atoms with Crippen LogP contribution in [-0.4, -0.2) is 10.9 Å². The van der Waals surface area contributed by atoms with Crippen molar-refractivity contribution < 1.29 is 4.79 Å². The molecule has 0 saturated carbocycles. The lowest BCUT2D eigenvalue weighted by molar-refractivity contribution is -0.115. The molecule has 3 aromatic rings. The second kappa shape index (κ2) is 7.20. The molecule has 0 unspecified atom stereocenters. The van der Waals surface area contributed by atoms with Gasteiger partial charge in [-0.15, -0.1) is 11.3 Å². The summed E-state index contributed by atoms with van der Waals surface area (Å²) in [6, 6.07) is 18.2. The fourth-order valence-corrected chi connectivity index (χ4v) is 3.07. The number of amides is 1. The number of rotatable bonds is 5. The zero-order valence-corrected chi connectivity index (χ0v) is 13.8. The summed E-state index contributed by atoms with van der Waals surface area (Å²) in [5, 5.41) is 5.93. The molecule has 3 rings (SSSR count). The number of aromatic nitrogens is 1. The first kappa shape index (κ1) is 15.4. The first-order valence-electron chi connectivity index (χ1n) is 7.53. The minimum absolute atomic E-state index is 0.0317. The molecule has 1 amide bonds. The maximum atomic E-state index is 12.2. The lowest BCUT2D eigenvalue weighted by atomic mass is 10.0. The van der Waals surface area contributed by atoms with Gasteiger partial charge in [-0.25, -0.2) is 4.98 Å². The summed E-state index contributed by atoms with van der Waals surface area (Å²) < 4.78 is 0. The predicted octanol–water partition coefficient (Wildman–Crippen LogP) is 4.22. The van der Waals surface area contributed by atoms with E-state index in [4.69, 9.17) is 0 Å². The Morgan fingerprint density at radius 1 is 1.09 bits per heavy atom. The Labute approximate surface area is 140 Å². The lowest BCUT2D eigenvalue weighted by Crippen LogP contribution is -2.15. The largest absolute Gasteiger partial charge is 0.325 e. The van der Waals surface area contributed by atoms with E-state index in [0.717, 1.165) is 28.4 Å². The molecule has 0 aliphatic heterocycles. The molecule has 3 nitrogen and oxygen atoms in total. The van der Waals surface area contributed by atoms with Crippen molar-refractivity contribution >= 4 is 22.9 Å². The molecule has 23 heavy (non-hydrogen) atoms. The lowest BCUT2D eigenvalue weighted by Gasteiger charge is -2.11. The van der Waals surface area contributed by atoms with Crippen molar-refractivity contribution in [2.45, 2.75) is 19.8 Å². The Hall–Kier alpha value is -2.46. The molecule has 1 heterocycles. The average molecular weight is 322 g/mol. The average Bonchev–Trinajstić information content (AvgIpc) is 2.95. The van der Waals surface area contributed by atoms with Crippen molar-refractivity contribution in [2.24, 2.45) is 0 Å². The fraction of sp³-hybridized carbons (Fsp3) is 0.158. The molecular formula is C19H18N2OS. The van der Waals surface area contributed by atoms with Gasteiger partial charge < -0.3 is 5.32 Å². The van der Waals surface area contributed by atoms with Crippen LogP contribution in [0.2, 0.25) is 0 Å². The van der Waals surface area contributed by atoms with Crippen molar-refractivity contribution in [3.05, 3.63) is 81.8 Å². The highest BCUT2D eigenvalue weighted by molar-refractivity contribution is 7.09. The van der Waals surface area contributed by atoms with Crippen LogP contribution in [0.3, 0.4) is 0 Å². The first-order valence-corrected chi connectivity index (χ1v) is 8.41. The monoisotopic (exact) mass is 322 g/mol. The predicted molar refractivity (Wildman–Crippen MR) is 94.9 cm³/mol. The Morgan fingerprint density at radius 2 is 1.83 bits per heavy atom. The third-order valence-electron chi connectivity index (χ3n) is 3.54. The second-order valence-corrected chi connectivity index (χ2v) is 6.46. The van der Waals surface area contributed by atoms with Gasteiger partial charge in [0.05, 0.1) is 17.1 Å². The van der Waals surface area contributed by atoms with Crippen LogP contribution in [0, 0.1) is 6.92 Å². The van der Waals surface area contributed by atoms with E-state index in [2.05, 4.69) is 28.5 Å². The van der Waals surface area contributed by atoms with Gasteiger partial charge in [-0.3, -0.25) is 4.79 Å². The van der Waals surface area contributed by atoms with Crippen molar-refractivity contribution in [3.8, 4) is 0 Å². The third-order valence-corrected chi connectivity index (χ3v) is 4.36. The van der Waals surface area contributed by atoms with Gasteiger partial charge in [0, 0.05) is 11.1 Å². The number of benzene rings is 2. The number of thiazole rings is 1. The molecule has 0 aliphatic rings. The van der Waals surface area contributed by atoms with Crippen molar-refractivity contribution in [3.63, 3.8) is 0 Å². The third kappa shape index (κ3) is 4.27. The molecule has 0 atom stereocenters. The number of hydrogen-bond acceptors (Lipinski definition) is 3. The second-order valence-electron chi connectivity index (χ2n) is 5.40. The number of nitrogens with zero attached hydrogens (tertiary/aromatic N) is 1. The summed E-state index contributed by atoms with van der Waals surface area (Å²) in [5.41, 5.74) is 4.03. The molecule has 0 fully saturated rings. The highest BCUT2D eigenvalue weighted by Gasteiger charge is 2.09. The standard InChI is InChI=1S/C19H18N2OS/c1-14-20-17(13-23-14)12-19(22)21-18-10-6-5-9-16(18)11-15-7-3-2-4-8-15/h2-10,13H,11-12H2,1H3,(H,21,22). The number of aryl methyl sites for hydroxylation is 1. The summed E-state index contributed by atoms with van der Waals surface area (Å²) in [6.07, 6.45) is 1.11. The molecule has 116 valence electrons. The van der Waals surface area contributed by atoms with E-state index >= 15 is 0 Å². The Balaban J connectivity index is 1.71. The number of carbonyl (C=O) groups is 1. The van der Waals surface area contributed by atoms with Crippen molar-refractivity contribution in [1.29, 1.82) is 0 Å². The van der Waals surface area contributed by atoms with Crippen LogP contribution in [0.25, 0.3) is 0 Å². The zero-order valence-electron chi connectivity index (χ0n) is 13.0. The molecule has 2 aromatic carbocycles. The summed E-state index contributed by atoms with van der Waals surface area (Å²) >= 11 is 1.57. The van der Waals surface area contributed by atoms with Crippen LogP contribution in [0.1, 0.15) is 21.8 Å². The summed E-state index contributed by atoms with van der Waals surface area (Å²) in [5.74, 6) is -0.0317. The summed E-state index contributed by atoms with van der Waals surface area (Å²) in [7, 11) is 0. The molecular weight excluding hydrogens is 304 g/mol. The van der Waals surface area contributed by atoms with Gasteiger partial charge in [-0.1, -0.05) is 48.5 Å². The van der Waals surface area contributed by atoms with Crippen molar-refractivity contribution in [2.75, 3.05) is 5.32 Å². The SMILES string of the molecule is Cc1nc(CC(=O)Nc2ccccc2Cc2ccccc2)cs1. The van der Waals surface area contributed by atoms with Gasteiger partial charge in [-0.2, -0.15) is 0 Å². The van der Waals surface area contributed by atoms with E-state index in [9.17, 15) is 4.79 Å². The normalized spacial score (nSPS) is 10.5. The van der Waals surface area contributed by atoms with E-state index in [1.165, 1.54) is 5.56 Å². The van der Waals surface area contributed by atoms with Gasteiger partial charge in [0.25, 0.3) is 0 Å². The topological polar surface area (TPSA) is 42.0 Å². The number of carbonyl (C=O) groups excluding carboxylic acids is 1. The van der Waals surface area contributed by atoms with E-state index < -0.39 is 0 Å². The maximum Gasteiger partial charge on any atom is 0.230 e. The number of hydrogen-bond donors (Lipinski definition) is 1. The first-order chi connectivity index (χ1) is 11.2. The molecule has 0 radical (unpaired) electrons.